The molecule has 0 spiro atoms. The van der Waals surface area contributed by atoms with Gasteiger partial charge in [0.2, 0.25) is 0 Å². The van der Waals surface area contributed by atoms with Gasteiger partial charge in [-0.2, -0.15) is 0 Å². The highest BCUT2D eigenvalue weighted by atomic mass is 127. The second-order valence-corrected chi connectivity index (χ2v) is 8.87. The SMILES string of the molecule is CCNC(=NCCc1ncc(CC)s1)NC1CCN(Cc2cc(OC)cc(OC)c2)C1.I. The lowest BCUT2D eigenvalue weighted by Gasteiger charge is -2.19. The molecule has 0 amide bonds. The summed E-state index contributed by atoms with van der Waals surface area (Å²) in [7, 11) is 3.38. The van der Waals surface area contributed by atoms with Crippen molar-refractivity contribution in [2.45, 2.75) is 45.7 Å². The van der Waals surface area contributed by atoms with Crippen LogP contribution in [-0.2, 0) is 19.4 Å². The van der Waals surface area contributed by atoms with Gasteiger partial charge in [0.15, 0.2) is 5.96 Å². The van der Waals surface area contributed by atoms with Gasteiger partial charge in [-0.3, -0.25) is 9.89 Å². The van der Waals surface area contributed by atoms with Crippen LogP contribution in [-0.4, -0.2) is 62.3 Å². The minimum Gasteiger partial charge on any atom is -0.497 e. The number of aliphatic imine (C=N–C) groups is 1. The Labute approximate surface area is 213 Å². The summed E-state index contributed by atoms with van der Waals surface area (Å²) in [5, 5.41) is 8.15. The van der Waals surface area contributed by atoms with E-state index in [4.69, 9.17) is 14.5 Å². The standard InChI is InChI=1S/C23H35N5O2S.HI/c1-5-21-14-26-22(31-21)7-9-25-23(24-6-2)27-18-8-10-28(16-18)15-17-11-19(29-3)13-20(12-17)30-4;/h11-14,18H,5-10,15-16H2,1-4H3,(H2,24,25,27);1H. The number of hydrogen-bond donors (Lipinski definition) is 2. The lowest BCUT2D eigenvalue weighted by Crippen LogP contribution is -2.44. The molecule has 1 aromatic carbocycles. The Balaban J connectivity index is 0.00000363. The van der Waals surface area contributed by atoms with Crippen molar-refractivity contribution in [1.29, 1.82) is 0 Å². The predicted octanol–water partition coefficient (Wildman–Crippen LogP) is 3.71. The molecule has 7 nitrogen and oxygen atoms in total. The van der Waals surface area contributed by atoms with Crippen molar-refractivity contribution in [1.82, 2.24) is 20.5 Å². The van der Waals surface area contributed by atoms with E-state index in [1.165, 1.54) is 10.4 Å². The first-order chi connectivity index (χ1) is 15.1. The summed E-state index contributed by atoms with van der Waals surface area (Å²) < 4.78 is 10.8. The zero-order valence-corrected chi connectivity index (χ0v) is 22.7. The molecule has 2 N–H and O–H groups in total. The molecule has 1 aliphatic rings. The molecule has 0 bridgehead atoms. The number of thiazole rings is 1. The van der Waals surface area contributed by atoms with Crippen molar-refractivity contribution in [2.24, 2.45) is 4.99 Å². The summed E-state index contributed by atoms with van der Waals surface area (Å²) in [6.45, 7) is 8.77. The van der Waals surface area contributed by atoms with Crippen LogP contribution in [0, 0.1) is 0 Å². The number of hydrogen-bond acceptors (Lipinski definition) is 6. The summed E-state index contributed by atoms with van der Waals surface area (Å²) in [5.74, 6) is 2.55. The fourth-order valence-electron chi connectivity index (χ4n) is 3.71. The average Bonchev–Trinajstić information content (AvgIpc) is 3.42. The number of rotatable bonds is 10. The maximum Gasteiger partial charge on any atom is 0.191 e. The minimum atomic E-state index is 0. The first kappa shape index (κ1) is 26.7. The second-order valence-electron chi connectivity index (χ2n) is 7.67. The Kier molecular flexibility index (Phi) is 11.5. The number of likely N-dealkylation sites (tertiary alicyclic amines) is 1. The molecule has 1 aromatic heterocycles. The van der Waals surface area contributed by atoms with Crippen LogP contribution < -0.4 is 20.1 Å². The van der Waals surface area contributed by atoms with E-state index in [2.05, 4.69) is 46.5 Å². The third-order valence-electron chi connectivity index (χ3n) is 5.32. The van der Waals surface area contributed by atoms with Crippen molar-refractivity contribution < 1.29 is 9.47 Å². The van der Waals surface area contributed by atoms with Gasteiger partial charge >= 0.3 is 0 Å². The van der Waals surface area contributed by atoms with E-state index in [0.29, 0.717) is 6.04 Å². The molecule has 0 aliphatic carbocycles. The molecule has 1 saturated heterocycles. The van der Waals surface area contributed by atoms with Crippen LogP contribution in [0.15, 0.2) is 29.4 Å². The van der Waals surface area contributed by atoms with E-state index < -0.39 is 0 Å². The Morgan fingerprint density at radius 1 is 1.22 bits per heavy atom. The maximum atomic E-state index is 5.40. The Hall–Kier alpha value is -1.59. The number of guanidine groups is 1. The first-order valence-electron chi connectivity index (χ1n) is 11.1. The van der Waals surface area contributed by atoms with Crippen molar-refractivity contribution in [3.63, 3.8) is 0 Å². The largest absolute Gasteiger partial charge is 0.497 e. The van der Waals surface area contributed by atoms with Crippen molar-refractivity contribution in [2.75, 3.05) is 40.4 Å². The summed E-state index contributed by atoms with van der Waals surface area (Å²) in [4.78, 5) is 13.1. The van der Waals surface area contributed by atoms with Gasteiger partial charge in [-0.05, 0) is 37.5 Å². The number of aryl methyl sites for hydroxylation is 1. The summed E-state index contributed by atoms with van der Waals surface area (Å²) >= 11 is 1.79. The molecule has 0 radical (unpaired) electrons. The number of nitrogens with one attached hydrogen (secondary N) is 2. The monoisotopic (exact) mass is 573 g/mol. The van der Waals surface area contributed by atoms with Crippen LogP contribution in [0.25, 0.3) is 0 Å². The molecule has 2 aromatic rings. The van der Waals surface area contributed by atoms with Gasteiger partial charge in [0.25, 0.3) is 0 Å². The zero-order chi connectivity index (χ0) is 22.1. The fourth-order valence-corrected chi connectivity index (χ4v) is 4.56. The molecule has 1 aliphatic heterocycles. The fraction of sp³-hybridized carbons (Fsp3) is 0.565. The first-order valence-corrected chi connectivity index (χ1v) is 11.9. The average molecular weight is 574 g/mol. The molecule has 0 saturated carbocycles. The summed E-state index contributed by atoms with van der Waals surface area (Å²) in [6, 6.07) is 6.46. The van der Waals surface area contributed by atoms with Crippen LogP contribution >= 0.6 is 35.3 Å². The van der Waals surface area contributed by atoms with Crippen LogP contribution in [0.5, 0.6) is 11.5 Å². The van der Waals surface area contributed by atoms with E-state index in [0.717, 1.165) is 74.5 Å². The van der Waals surface area contributed by atoms with Crippen LogP contribution in [0.3, 0.4) is 0 Å². The number of benzene rings is 1. The van der Waals surface area contributed by atoms with Gasteiger partial charge < -0.3 is 20.1 Å². The lowest BCUT2D eigenvalue weighted by molar-refractivity contribution is 0.321. The lowest BCUT2D eigenvalue weighted by atomic mass is 10.2. The quantitative estimate of drug-likeness (QED) is 0.257. The van der Waals surface area contributed by atoms with Gasteiger partial charge in [-0.15, -0.1) is 35.3 Å². The molecule has 1 unspecified atom stereocenters. The minimum absolute atomic E-state index is 0. The number of ether oxygens (including phenoxy) is 2. The summed E-state index contributed by atoms with van der Waals surface area (Å²) in [5.41, 5.74) is 1.20. The normalized spacial score (nSPS) is 16.5. The van der Waals surface area contributed by atoms with E-state index in [-0.39, 0.29) is 24.0 Å². The van der Waals surface area contributed by atoms with E-state index in [1.807, 2.05) is 12.3 Å². The Bertz CT molecular complexity index is 838. The number of halogens is 1. The zero-order valence-electron chi connectivity index (χ0n) is 19.5. The molecule has 3 rings (SSSR count). The number of nitrogens with zero attached hydrogens (tertiary/aromatic N) is 3. The topological polar surface area (TPSA) is 71.0 Å². The van der Waals surface area contributed by atoms with Gasteiger partial charge in [-0.25, -0.2) is 4.98 Å². The van der Waals surface area contributed by atoms with Gasteiger partial charge in [-0.1, -0.05) is 6.92 Å². The van der Waals surface area contributed by atoms with Crippen molar-refractivity contribution >= 4 is 41.3 Å². The van der Waals surface area contributed by atoms with Gasteiger partial charge in [0, 0.05) is 62.3 Å². The highest BCUT2D eigenvalue weighted by Crippen LogP contribution is 2.24. The Morgan fingerprint density at radius 2 is 1.97 bits per heavy atom. The predicted molar refractivity (Wildman–Crippen MR) is 143 cm³/mol. The van der Waals surface area contributed by atoms with Crippen molar-refractivity contribution in [3.8, 4) is 11.5 Å². The van der Waals surface area contributed by atoms with Crippen LogP contribution in [0.2, 0.25) is 0 Å². The number of aromatic nitrogens is 1. The molecular formula is C23H36IN5O2S. The van der Waals surface area contributed by atoms with Gasteiger partial charge in [0.05, 0.1) is 19.2 Å². The third-order valence-corrected chi connectivity index (χ3v) is 6.52. The molecule has 1 fully saturated rings. The smallest absolute Gasteiger partial charge is 0.191 e. The Morgan fingerprint density at radius 3 is 2.59 bits per heavy atom. The van der Waals surface area contributed by atoms with Crippen LogP contribution in [0.1, 0.15) is 35.7 Å². The maximum absolute atomic E-state index is 5.40. The molecule has 2 heterocycles. The van der Waals surface area contributed by atoms with E-state index >= 15 is 0 Å². The van der Waals surface area contributed by atoms with Gasteiger partial charge in [0.1, 0.15) is 11.5 Å². The van der Waals surface area contributed by atoms with Crippen molar-refractivity contribution in [3.05, 3.63) is 39.8 Å². The molecule has 32 heavy (non-hydrogen) atoms. The second kappa shape index (κ2) is 13.8. The molecule has 9 heteroatoms. The highest BCUT2D eigenvalue weighted by molar-refractivity contribution is 14.0. The highest BCUT2D eigenvalue weighted by Gasteiger charge is 2.23. The summed E-state index contributed by atoms with van der Waals surface area (Å²) in [6.07, 6.45) is 5.01. The molecule has 178 valence electrons. The van der Waals surface area contributed by atoms with E-state index in [1.54, 1.807) is 25.6 Å². The molecular weight excluding hydrogens is 537 g/mol. The third kappa shape index (κ3) is 8.08. The van der Waals surface area contributed by atoms with E-state index in [9.17, 15) is 0 Å². The molecule has 1 atom stereocenters. The number of methoxy groups -OCH3 is 2. The van der Waals surface area contributed by atoms with Crippen LogP contribution in [0.4, 0.5) is 0 Å².